The summed E-state index contributed by atoms with van der Waals surface area (Å²) in [6.07, 6.45) is 2.90. The van der Waals surface area contributed by atoms with Crippen LogP contribution in [-0.4, -0.2) is 40.4 Å². The highest BCUT2D eigenvalue weighted by molar-refractivity contribution is 6.07. The maximum absolute atomic E-state index is 12.9. The number of hydrogen-bond acceptors (Lipinski definition) is 5. The molecule has 0 saturated carbocycles. The molecule has 0 saturated heterocycles. The molecule has 0 aromatic heterocycles. The first kappa shape index (κ1) is 25.5. The van der Waals surface area contributed by atoms with Crippen molar-refractivity contribution in [1.82, 2.24) is 4.90 Å². The van der Waals surface area contributed by atoms with Crippen LogP contribution in [0.15, 0.2) is 53.5 Å². The fraction of sp³-hybridized carbons (Fsp3) is 0.464. The van der Waals surface area contributed by atoms with Crippen molar-refractivity contribution >= 4 is 17.7 Å². The van der Waals surface area contributed by atoms with Crippen LogP contribution in [0.5, 0.6) is 5.75 Å². The number of carbonyl (C=O) groups excluding carboxylic acids is 2. The van der Waals surface area contributed by atoms with Gasteiger partial charge in [-0.15, -0.1) is 0 Å². The van der Waals surface area contributed by atoms with Crippen LogP contribution >= 0.6 is 0 Å². The number of hydrogen-bond donors (Lipinski definition) is 0. The predicted molar refractivity (Wildman–Crippen MR) is 135 cm³/mol. The van der Waals surface area contributed by atoms with Gasteiger partial charge in [0.1, 0.15) is 17.1 Å². The minimum Gasteiger partial charge on any atom is -0.476 e. The lowest BCUT2D eigenvalue weighted by Crippen LogP contribution is -2.39. The van der Waals surface area contributed by atoms with Gasteiger partial charge in [0, 0.05) is 6.42 Å². The van der Waals surface area contributed by atoms with Crippen LogP contribution in [0.3, 0.4) is 0 Å². The van der Waals surface area contributed by atoms with Crippen LogP contribution in [0, 0.1) is 0 Å². The molecule has 3 rings (SSSR count). The van der Waals surface area contributed by atoms with E-state index in [1.165, 1.54) is 0 Å². The van der Waals surface area contributed by atoms with E-state index in [0.29, 0.717) is 18.9 Å². The lowest BCUT2D eigenvalue weighted by molar-refractivity contribution is -0.158. The van der Waals surface area contributed by atoms with Crippen LogP contribution in [0.4, 0.5) is 0 Å². The molecule has 0 unspecified atom stereocenters. The number of aliphatic imine (C=N–C) groups is 1. The standard InChI is InChI=1S/C28H36N2O4/c1-7-9-13-24-29-27(3,4)25(31)30(24)19-20-14-16-21(17-15-20)22-11-10-12-23(18-22)34-28(5,6)26(32)33-8-2/h10-12,14-18H,7-9,13,19H2,1-6H3. The zero-order valence-electron chi connectivity index (χ0n) is 21.2. The van der Waals surface area contributed by atoms with Gasteiger partial charge in [0.25, 0.3) is 5.91 Å². The Morgan fingerprint density at radius 2 is 1.76 bits per heavy atom. The number of unbranched alkanes of at least 4 members (excludes halogenated alkanes) is 1. The molecule has 0 aliphatic carbocycles. The van der Waals surface area contributed by atoms with Gasteiger partial charge in [-0.25, -0.2) is 4.79 Å². The van der Waals surface area contributed by atoms with Gasteiger partial charge in [-0.3, -0.25) is 14.7 Å². The highest BCUT2D eigenvalue weighted by Crippen LogP contribution is 2.29. The quantitative estimate of drug-likeness (QED) is 0.418. The molecule has 2 aromatic carbocycles. The minimum atomic E-state index is -1.08. The summed E-state index contributed by atoms with van der Waals surface area (Å²) in [5.74, 6) is 1.14. The largest absolute Gasteiger partial charge is 0.476 e. The molecular weight excluding hydrogens is 428 g/mol. The average Bonchev–Trinajstić information content (AvgIpc) is 3.01. The number of nitrogens with zero attached hydrogens (tertiary/aromatic N) is 2. The fourth-order valence-corrected chi connectivity index (χ4v) is 3.93. The Bertz CT molecular complexity index is 1050. The summed E-state index contributed by atoms with van der Waals surface area (Å²) < 4.78 is 11.0. The zero-order chi connectivity index (χ0) is 24.9. The zero-order valence-corrected chi connectivity index (χ0v) is 21.2. The van der Waals surface area contributed by atoms with E-state index in [1.807, 2.05) is 67.3 Å². The number of benzene rings is 2. The normalized spacial score (nSPS) is 15.3. The molecule has 6 heteroatoms. The Morgan fingerprint density at radius 3 is 2.41 bits per heavy atom. The monoisotopic (exact) mass is 464 g/mol. The Kier molecular flexibility index (Phi) is 7.80. The highest BCUT2D eigenvalue weighted by Gasteiger charge is 2.40. The number of amides is 1. The van der Waals surface area contributed by atoms with Crippen molar-refractivity contribution in [3.63, 3.8) is 0 Å². The summed E-state index contributed by atoms with van der Waals surface area (Å²) in [6.45, 7) is 11.9. The van der Waals surface area contributed by atoms with Crippen molar-refractivity contribution in [2.75, 3.05) is 6.61 Å². The van der Waals surface area contributed by atoms with Crippen LogP contribution in [0.25, 0.3) is 11.1 Å². The van der Waals surface area contributed by atoms with Crippen molar-refractivity contribution in [2.45, 2.75) is 78.5 Å². The van der Waals surface area contributed by atoms with E-state index in [-0.39, 0.29) is 5.91 Å². The molecule has 34 heavy (non-hydrogen) atoms. The summed E-state index contributed by atoms with van der Waals surface area (Å²) in [5, 5.41) is 0. The van der Waals surface area contributed by atoms with E-state index in [0.717, 1.165) is 41.8 Å². The van der Waals surface area contributed by atoms with E-state index in [4.69, 9.17) is 14.5 Å². The van der Waals surface area contributed by atoms with Gasteiger partial charge in [0.15, 0.2) is 5.60 Å². The molecule has 1 aliphatic heterocycles. The highest BCUT2D eigenvalue weighted by atomic mass is 16.6. The molecular formula is C28H36N2O4. The van der Waals surface area contributed by atoms with Crippen LogP contribution < -0.4 is 4.74 Å². The molecule has 0 bridgehead atoms. The number of carbonyl (C=O) groups is 2. The maximum Gasteiger partial charge on any atom is 0.349 e. The number of rotatable bonds is 10. The summed E-state index contributed by atoms with van der Waals surface area (Å²) in [6, 6.07) is 15.8. The third-order valence-corrected chi connectivity index (χ3v) is 5.84. The molecule has 0 radical (unpaired) electrons. The predicted octanol–water partition coefficient (Wildman–Crippen LogP) is 5.78. The maximum atomic E-state index is 12.9. The van der Waals surface area contributed by atoms with Gasteiger partial charge in [-0.05, 0) is 69.9 Å². The second-order valence-electron chi connectivity index (χ2n) is 9.64. The second-order valence-corrected chi connectivity index (χ2v) is 9.64. The Balaban J connectivity index is 1.74. The molecule has 0 N–H and O–H groups in total. The molecule has 0 atom stereocenters. The molecule has 1 heterocycles. The molecule has 1 amide bonds. The lowest BCUT2D eigenvalue weighted by atomic mass is 10.0. The fourth-order valence-electron chi connectivity index (χ4n) is 3.93. The van der Waals surface area contributed by atoms with Crippen molar-refractivity contribution < 1.29 is 19.1 Å². The topological polar surface area (TPSA) is 68.2 Å². The first-order chi connectivity index (χ1) is 16.1. The van der Waals surface area contributed by atoms with Gasteiger partial charge >= 0.3 is 5.97 Å². The molecule has 1 aliphatic rings. The summed E-state index contributed by atoms with van der Waals surface area (Å²) in [7, 11) is 0. The summed E-state index contributed by atoms with van der Waals surface area (Å²) >= 11 is 0. The summed E-state index contributed by atoms with van der Waals surface area (Å²) in [5.41, 5.74) is 1.28. The van der Waals surface area contributed by atoms with E-state index >= 15 is 0 Å². The van der Waals surface area contributed by atoms with Crippen LogP contribution in [-0.2, 0) is 20.9 Å². The van der Waals surface area contributed by atoms with Gasteiger partial charge in [0.2, 0.25) is 0 Å². The Labute approximate surface area is 203 Å². The van der Waals surface area contributed by atoms with Crippen LogP contribution in [0.1, 0.15) is 66.4 Å². The third kappa shape index (κ3) is 5.85. The third-order valence-electron chi connectivity index (χ3n) is 5.84. The minimum absolute atomic E-state index is 0.0525. The first-order valence-electron chi connectivity index (χ1n) is 12.0. The molecule has 2 aromatic rings. The summed E-state index contributed by atoms with van der Waals surface area (Å²) in [4.78, 5) is 31.6. The van der Waals surface area contributed by atoms with Gasteiger partial charge < -0.3 is 9.47 Å². The van der Waals surface area contributed by atoms with Crippen molar-refractivity contribution in [3.05, 3.63) is 54.1 Å². The van der Waals surface area contributed by atoms with E-state index in [1.54, 1.807) is 20.8 Å². The second kappa shape index (κ2) is 10.4. The SMILES string of the molecule is CCCCC1=NC(C)(C)C(=O)N1Cc1ccc(-c2cccc(OC(C)(C)C(=O)OCC)c2)cc1. The van der Waals surface area contributed by atoms with E-state index < -0.39 is 17.1 Å². The number of esters is 1. The van der Waals surface area contributed by atoms with Crippen molar-refractivity contribution in [3.8, 4) is 16.9 Å². The van der Waals surface area contributed by atoms with Crippen molar-refractivity contribution in [2.24, 2.45) is 4.99 Å². The smallest absolute Gasteiger partial charge is 0.349 e. The van der Waals surface area contributed by atoms with Gasteiger partial charge in [-0.1, -0.05) is 49.7 Å². The molecule has 182 valence electrons. The molecule has 6 nitrogen and oxygen atoms in total. The van der Waals surface area contributed by atoms with E-state index in [9.17, 15) is 9.59 Å². The molecule has 0 spiro atoms. The van der Waals surface area contributed by atoms with Crippen LogP contribution in [0.2, 0.25) is 0 Å². The lowest BCUT2D eigenvalue weighted by Gasteiger charge is -2.24. The Hall–Kier alpha value is -3.15. The first-order valence-corrected chi connectivity index (χ1v) is 12.0. The van der Waals surface area contributed by atoms with Gasteiger partial charge in [-0.2, -0.15) is 0 Å². The number of ether oxygens (including phenoxy) is 2. The van der Waals surface area contributed by atoms with Gasteiger partial charge in [0.05, 0.1) is 13.2 Å². The molecule has 0 fully saturated rings. The van der Waals surface area contributed by atoms with E-state index in [2.05, 4.69) is 6.92 Å². The van der Waals surface area contributed by atoms with Crippen molar-refractivity contribution in [1.29, 1.82) is 0 Å². The average molecular weight is 465 g/mol. The number of amidine groups is 1. The Morgan fingerprint density at radius 1 is 1.06 bits per heavy atom.